The van der Waals surface area contributed by atoms with Gasteiger partial charge in [0, 0.05) is 15.5 Å². The summed E-state index contributed by atoms with van der Waals surface area (Å²) in [4.78, 5) is 25.6. The van der Waals surface area contributed by atoms with Crippen LogP contribution in [0.15, 0.2) is 71.1 Å². The molecule has 0 unspecified atom stereocenters. The summed E-state index contributed by atoms with van der Waals surface area (Å²) in [6.07, 6.45) is 1.57. The van der Waals surface area contributed by atoms with Crippen LogP contribution in [0.25, 0.3) is 0 Å². The van der Waals surface area contributed by atoms with Gasteiger partial charge in [-0.1, -0.05) is 29.8 Å². The summed E-state index contributed by atoms with van der Waals surface area (Å²) < 4.78 is 0. The molecule has 2 aromatic carbocycles. The van der Waals surface area contributed by atoms with Crippen molar-refractivity contribution in [3.05, 3.63) is 87.1 Å². The second kappa shape index (κ2) is 8.42. The van der Waals surface area contributed by atoms with Crippen molar-refractivity contribution in [2.75, 3.05) is 5.32 Å². The van der Waals surface area contributed by atoms with Crippen LogP contribution in [-0.4, -0.2) is 18.0 Å². The Kier molecular flexibility index (Phi) is 5.78. The number of hydrogen-bond donors (Lipinski definition) is 2. The van der Waals surface area contributed by atoms with Crippen molar-refractivity contribution in [2.24, 2.45) is 5.10 Å². The van der Waals surface area contributed by atoms with Gasteiger partial charge in [0.05, 0.1) is 17.5 Å². The van der Waals surface area contributed by atoms with E-state index in [4.69, 9.17) is 11.6 Å². The molecule has 2 N–H and O–H groups in total. The van der Waals surface area contributed by atoms with Crippen LogP contribution < -0.4 is 10.7 Å². The van der Waals surface area contributed by atoms with Crippen LogP contribution in [0.4, 0.5) is 5.69 Å². The molecule has 1 heterocycles. The van der Waals surface area contributed by atoms with Gasteiger partial charge in [0.25, 0.3) is 11.8 Å². The molecule has 0 atom stereocenters. The number of hydrogen-bond acceptors (Lipinski definition) is 4. The fraction of sp³-hybridized carbons (Fsp3) is 0. The molecule has 0 saturated heterocycles. The summed E-state index contributed by atoms with van der Waals surface area (Å²) in [5.41, 5.74) is 3.63. The Balaban J connectivity index is 1.72. The Morgan fingerprint density at radius 1 is 0.962 bits per heavy atom. The fourth-order valence-corrected chi connectivity index (χ4v) is 2.88. The Morgan fingerprint density at radius 2 is 1.73 bits per heavy atom. The Labute approximate surface area is 159 Å². The highest BCUT2D eigenvalue weighted by molar-refractivity contribution is 7.11. The van der Waals surface area contributed by atoms with Gasteiger partial charge in [-0.05, 0) is 47.8 Å². The molecule has 130 valence electrons. The van der Waals surface area contributed by atoms with E-state index in [0.717, 1.165) is 4.88 Å². The number of carbonyl (C=O) groups is 2. The second-order valence-electron chi connectivity index (χ2n) is 5.22. The molecule has 0 radical (unpaired) electrons. The van der Waals surface area contributed by atoms with Crippen molar-refractivity contribution in [2.45, 2.75) is 0 Å². The molecule has 26 heavy (non-hydrogen) atoms. The van der Waals surface area contributed by atoms with Crippen LogP contribution in [0, 0.1) is 0 Å². The van der Waals surface area contributed by atoms with Gasteiger partial charge in [-0.15, -0.1) is 11.3 Å². The average Bonchev–Trinajstić information content (AvgIpc) is 3.16. The summed E-state index contributed by atoms with van der Waals surface area (Å²) in [5.74, 6) is -0.742. The van der Waals surface area contributed by atoms with E-state index in [9.17, 15) is 9.59 Å². The number of para-hydroxylation sites is 1. The summed E-state index contributed by atoms with van der Waals surface area (Å²) in [6.45, 7) is 0. The van der Waals surface area contributed by atoms with Crippen molar-refractivity contribution in [3.63, 3.8) is 0 Å². The molecule has 0 spiro atoms. The van der Waals surface area contributed by atoms with E-state index in [1.807, 2.05) is 17.5 Å². The number of carbonyl (C=O) groups excluding carboxylic acids is 2. The highest BCUT2D eigenvalue weighted by Gasteiger charge is 2.13. The first-order valence-corrected chi connectivity index (χ1v) is 8.92. The molecule has 0 aliphatic heterocycles. The van der Waals surface area contributed by atoms with E-state index >= 15 is 0 Å². The minimum Gasteiger partial charge on any atom is -0.321 e. The van der Waals surface area contributed by atoms with E-state index < -0.39 is 5.91 Å². The maximum atomic E-state index is 12.4. The predicted molar refractivity (Wildman–Crippen MR) is 105 cm³/mol. The fourth-order valence-electron chi connectivity index (χ4n) is 2.17. The summed E-state index contributed by atoms with van der Waals surface area (Å²) in [5, 5.41) is 9.14. The summed E-state index contributed by atoms with van der Waals surface area (Å²) in [6, 6.07) is 17.0. The summed E-state index contributed by atoms with van der Waals surface area (Å²) in [7, 11) is 0. The average molecular weight is 384 g/mol. The molecular weight excluding hydrogens is 370 g/mol. The molecule has 0 saturated carbocycles. The zero-order chi connectivity index (χ0) is 18.4. The van der Waals surface area contributed by atoms with E-state index in [0.29, 0.717) is 21.8 Å². The normalized spacial score (nSPS) is 10.7. The van der Waals surface area contributed by atoms with Crippen molar-refractivity contribution in [1.29, 1.82) is 0 Å². The first-order valence-electron chi connectivity index (χ1n) is 7.66. The van der Waals surface area contributed by atoms with Crippen molar-refractivity contribution in [1.82, 2.24) is 5.43 Å². The number of anilines is 1. The SMILES string of the molecule is O=C(Nc1ccccc1C(=O)NN=Cc1cccs1)c1ccc(Cl)cc1. The molecule has 3 aromatic rings. The highest BCUT2D eigenvalue weighted by atomic mass is 35.5. The zero-order valence-electron chi connectivity index (χ0n) is 13.5. The van der Waals surface area contributed by atoms with Crippen molar-refractivity contribution >= 4 is 46.7 Å². The molecule has 0 aliphatic rings. The molecule has 0 aliphatic carbocycles. The quantitative estimate of drug-likeness (QED) is 0.505. The minimum absolute atomic E-state index is 0.318. The lowest BCUT2D eigenvalue weighted by molar-refractivity contribution is 0.0956. The van der Waals surface area contributed by atoms with Crippen molar-refractivity contribution < 1.29 is 9.59 Å². The van der Waals surface area contributed by atoms with Crippen LogP contribution >= 0.6 is 22.9 Å². The van der Waals surface area contributed by atoms with E-state index in [2.05, 4.69) is 15.8 Å². The Bertz CT molecular complexity index is 938. The third-order valence-electron chi connectivity index (χ3n) is 3.43. The highest BCUT2D eigenvalue weighted by Crippen LogP contribution is 2.17. The van der Waals surface area contributed by atoms with Crippen LogP contribution in [0.1, 0.15) is 25.6 Å². The number of amides is 2. The predicted octanol–water partition coefficient (Wildman–Crippen LogP) is 4.42. The van der Waals surface area contributed by atoms with Crippen molar-refractivity contribution in [3.8, 4) is 0 Å². The first-order chi connectivity index (χ1) is 12.6. The molecule has 1 aromatic heterocycles. The monoisotopic (exact) mass is 383 g/mol. The van der Waals surface area contributed by atoms with Gasteiger partial charge in [-0.3, -0.25) is 9.59 Å². The number of rotatable bonds is 5. The van der Waals surface area contributed by atoms with Gasteiger partial charge in [0.15, 0.2) is 0 Å². The van der Waals surface area contributed by atoms with Gasteiger partial charge < -0.3 is 5.32 Å². The first kappa shape index (κ1) is 17.8. The molecule has 0 bridgehead atoms. The third-order valence-corrected chi connectivity index (χ3v) is 4.49. The van der Waals surface area contributed by atoms with E-state index in [-0.39, 0.29) is 5.91 Å². The largest absolute Gasteiger partial charge is 0.321 e. The lowest BCUT2D eigenvalue weighted by Crippen LogP contribution is -2.21. The second-order valence-corrected chi connectivity index (χ2v) is 6.64. The molecule has 7 heteroatoms. The molecule has 3 rings (SSSR count). The minimum atomic E-state index is -0.412. The Morgan fingerprint density at radius 3 is 2.46 bits per heavy atom. The van der Waals surface area contributed by atoms with Gasteiger partial charge in [-0.2, -0.15) is 5.10 Å². The van der Waals surface area contributed by atoms with Crippen LogP contribution in [-0.2, 0) is 0 Å². The molecular formula is C19H14ClN3O2S. The van der Waals surface area contributed by atoms with Crippen LogP contribution in [0.3, 0.4) is 0 Å². The molecule has 0 fully saturated rings. The number of thiophene rings is 1. The lowest BCUT2D eigenvalue weighted by atomic mass is 10.1. The van der Waals surface area contributed by atoms with Gasteiger partial charge >= 0.3 is 0 Å². The van der Waals surface area contributed by atoms with E-state index in [1.165, 1.54) is 11.3 Å². The summed E-state index contributed by atoms with van der Waals surface area (Å²) >= 11 is 7.35. The number of benzene rings is 2. The molecule has 5 nitrogen and oxygen atoms in total. The van der Waals surface area contributed by atoms with Crippen LogP contribution in [0.5, 0.6) is 0 Å². The number of nitrogens with one attached hydrogen (secondary N) is 2. The third kappa shape index (κ3) is 4.56. The molecule has 2 amide bonds. The van der Waals surface area contributed by atoms with Gasteiger partial charge in [-0.25, -0.2) is 5.43 Å². The van der Waals surface area contributed by atoms with Gasteiger partial charge in [0.1, 0.15) is 0 Å². The smallest absolute Gasteiger partial charge is 0.273 e. The van der Waals surface area contributed by atoms with E-state index in [1.54, 1.807) is 54.7 Å². The topological polar surface area (TPSA) is 70.6 Å². The van der Waals surface area contributed by atoms with Gasteiger partial charge in [0.2, 0.25) is 0 Å². The number of hydrazone groups is 1. The maximum absolute atomic E-state index is 12.4. The maximum Gasteiger partial charge on any atom is 0.273 e. The zero-order valence-corrected chi connectivity index (χ0v) is 15.1. The number of nitrogens with zero attached hydrogens (tertiary/aromatic N) is 1. The lowest BCUT2D eigenvalue weighted by Gasteiger charge is -2.10. The Hall–Kier alpha value is -2.96. The van der Waals surface area contributed by atoms with Crippen LogP contribution in [0.2, 0.25) is 5.02 Å². The number of halogens is 1. The standard InChI is InChI=1S/C19H14ClN3O2S/c20-14-9-7-13(8-10-14)18(24)22-17-6-2-1-5-16(17)19(25)23-21-12-15-4-3-11-26-15/h1-12H,(H,22,24)(H,23,25).